The maximum absolute atomic E-state index is 4.80. The molecule has 3 rings (SSSR count). The molecule has 0 unspecified atom stereocenters. The highest BCUT2D eigenvalue weighted by molar-refractivity contribution is 7.15. The summed E-state index contributed by atoms with van der Waals surface area (Å²) in [6.45, 7) is 5.06. The molecule has 1 N–H and O–H groups in total. The van der Waals surface area contributed by atoms with Crippen molar-refractivity contribution in [2.24, 2.45) is 0 Å². The highest BCUT2D eigenvalue weighted by atomic mass is 32.1. The van der Waals surface area contributed by atoms with Crippen molar-refractivity contribution < 1.29 is 0 Å². The van der Waals surface area contributed by atoms with Crippen LogP contribution in [0.5, 0.6) is 0 Å². The summed E-state index contributed by atoms with van der Waals surface area (Å²) in [6.07, 6.45) is 6.62. The van der Waals surface area contributed by atoms with Crippen LogP contribution in [0.4, 0.5) is 0 Å². The molecular weight excluding hydrogens is 268 g/mol. The summed E-state index contributed by atoms with van der Waals surface area (Å²) in [5, 5.41) is 4.61. The average Bonchev–Trinajstić information content (AvgIpc) is 3.18. The normalized spacial score (nSPS) is 14.7. The van der Waals surface area contributed by atoms with Gasteiger partial charge in [0.2, 0.25) is 0 Å². The Morgan fingerprint density at radius 2 is 2.20 bits per heavy atom. The van der Waals surface area contributed by atoms with Crippen molar-refractivity contribution in [1.82, 2.24) is 20.3 Å². The number of nitrogens with one attached hydrogen (secondary N) is 1. The second kappa shape index (κ2) is 5.97. The fourth-order valence-corrected chi connectivity index (χ4v) is 3.19. The molecule has 0 atom stereocenters. The second-order valence-electron chi connectivity index (χ2n) is 5.28. The quantitative estimate of drug-likeness (QED) is 0.887. The summed E-state index contributed by atoms with van der Waals surface area (Å²) < 4.78 is 0. The number of rotatable bonds is 6. The first-order chi connectivity index (χ1) is 9.76. The summed E-state index contributed by atoms with van der Waals surface area (Å²) in [5.41, 5.74) is 2.18. The van der Waals surface area contributed by atoms with E-state index < -0.39 is 0 Å². The van der Waals surface area contributed by atoms with Gasteiger partial charge in [0.15, 0.2) is 0 Å². The average molecular weight is 288 g/mol. The predicted octanol–water partition coefficient (Wildman–Crippen LogP) is 3.11. The maximum atomic E-state index is 4.80. The molecule has 1 aliphatic carbocycles. The third-order valence-electron chi connectivity index (χ3n) is 3.39. The molecule has 2 heterocycles. The first-order valence-electron chi connectivity index (χ1n) is 7.28. The maximum Gasteiger partial charge on any atom is 0.142 e. The van der Waals surface area contributed by atoms with Crippen LogP contribution >= 0.6 is 11.3 Å². The molecule has 4 nitrogen and oxygen atoms in total. The number of aromatic nitrogens is 3. The fourth-order valence-electron chi connectivity index (χ4n) is 2.16. The summed E-state index contributed by atoms with van der Waals surface area (Å²) in [5.74, 6) is 0.799. The summed E-state index contributed by atoms with van der Waals surface area (Å²) in [4.78, 5) is 14.8. The van der Waals surface area contributed by atoms with E-state index in [2.05, 4.69) is 22.2 Å². The molecule has 1 aliphatic rings. The lowest BCUT2D eigenvalue weighted by atomic mass is 10.2. The molecule has 0 aromatic carbocycles. The molecule has 0 spiro atoms. The van der Waals surface area contributed by atoms with Gasteiger partial charge in [-0.3, -0.25) is 0 Å². The number of nitrogens with zero attached hydrogens (tertiary/aromatic N) is 3. The van der Waals surface area contributed by atoms with Gasteiger partial charge in [0.1, 0.15) is 16.5 Å². The van der Waals surface area contributed by atoms with E-state index >= 15 is 0 Å². The van der Waals surface area contributed by atoms with Crippen LogP contribution in [-0.4, -0.2) is 21.0 Å². The Labute approximate surface area is 123 Å². The first kappa shape index (κ1) is 13.6. The lowest BCUT2D eigenvalue weighted by Gasteiger charge is -2.01. The van der Waals surface area contributed by atoms with Crippen molar-refractivity contribution in [1.29, 1.82) is 0 Å². The van der Waals surface area contributed by atoms with Crippen LogP contribution in [0.1, 0.15) is 42.6 Å². The summed E-state index contributed by atoms with van der Waals surface area (Å²) >= 11 is 1.77. The van der Waals surface area contributed by atoms with E-state index in [4.69, 9.17) is 4.98 Å². The SMILES string of the molecule is CCCc1nc(-c2ccnc(C)n2)sc1CNC1CC1. The monoisotopic (exact) mass is 288 g/mol. The Morgan fingerprint density at radius 1 is 1.35 bits per heavy atom. The van der Waals surface area contributed by atoms with E-state index in [1.807, 2.05) is 13.0 Å². The molecule has 1 fully saturated rings. The van der Waals surface area contributed by atoms with Crippen molar-refractivity contribution in [3.05, 3.63) is 28.7 Å². The van der Waals surface area contributed by atoms with Crippen LogP contribution in [0, 0.1) is 6.92 Å². The number of thiazole rings is 1. The van der Waals surface area contributed by atoms with Crippen LogP contribution < -0.4 is 5.32 Å². The zero-order valence-electron chi connectivity index (χ0n) is 12.0. The summed E-state index contributed by atoms with van der Waals surface area (Å²) in [6, 6.07) is 2.68. The van der Waals surface area contributed by atoms with Crippen molar-refractivity contribution in [2.75, 3.05) is 0 Å². The highest BCUT2D eigenvalue weighted by Gasteiger charge is 2.21. The fraction of sp³-hybridized carbons (Fsp3) is 0.533. The van der Waals surface area contributed by atoms with Gasteiger partial charge in [-0.15, -0.1) is 11.3 Å². The van der Waals surface area contributed by atoms with Gasteiger partial charge >= 0.3 is 0 Å². The van der Waals surface area contributed by atoms with E-state index in [1.165, 1.54) is 23.4 Å². The third-order valence-corrected chi connectivity index (χ3v) is 4.51. The van der Waals surface area contributed by atoms with Gasteiger partial charge in [-0.2, -0.15) is 0 Å². The van der Waals surface area contributed by atoms with Gasteiger partial charge in [-0.1, -0.05) is 13.3 Å². The third kappa shape index (κ3) is 3.22. The van der Waals surface area contributed by atoms with E-state index in [-0.39, 0.29) is 0 Å². The Bertz CT molecular complexity index is 589. The Kier molecular flexibility index (Phi) is 4.08. The van der Waals surface area contributed by atoms with Crippen molar-refractivity contribution in [3.8, 4) is 10.7 Å². The number of hydrogen-bond acceptors (Lipinski definition) is 5. The standard InChI is InChI=1S/C15H20N4S/c1-3-4-12-14(9-17-11-5-6-11)20-15(19-12)13-7-8-16-10(2)18-13/h7-8,11,17H,3-6,9H2,1-2H3. The second-order valence-corrected chi connectivity index (χ2v) is 6.37. The lowest BCUT2D eigenvalue weighted by Crippen LogP contribution is -2.15. The minimum Gasteiger partial charge on any atom is -0.309 e. The van der Waals surface area contributed by atoms with E-state index in [0.717, 1.165) is 42.0 Å². The van der Waals surface area contributed by atoms with Crippen molar-refractivity contribution >= 4 is 11.3 Å². The summed E-state index contributed by atoms with van der Waals surface area (Å²) in [7, 11) is 0. The van der Waals surface area contributed by atoms with E-state index in [0.29, 0.717) is 0 Å². The van der Waals surface area contributed by atoms with Gasteiger partial charge in [0, 0.05) is 23.7 Å². The zero-order chi connectivity index (χ0) is 13.9. The Balaban J connectivity index is 1.84. The van der Waals surface area contributed by atoms with Crippen LogP contribution in [0.3, 0.4) is 0 Å². The van der Waals surface area contributed by atoms with Crippen LogP contribution in [0.2, 0.25) is 0 Å². The molecule has 1 saturated carbocycles. The van der Waals surface area contributed by atoms with Crippen molar-refractivity contribution in [2.45, 2.75) is 52.1 Å². The molecule has 0 bridgehead atoms. The minimum atomic E-state index is 0.733. The van der Waals surface area contributed by atoms with Gasteiger partial charge in [-0.05, 0) is 32.3 Å². The van der Waals surface area contributed by atoms with E-state index in [1.54, 1.807) is 17.5 Å². The Hall–Kier alpha value is -1.33. The number of hydrogen-bond donors (Lipinski definition) is 1. The topological polar surface area (TPSA) is 50.7 Å². The first-order valence-corrected chi connectivity index (χ1v) is 8.10. The van der Waals surface area contributed by atoms with E-state index in [9.17, 15) is 0 Å². The van der Waals surface area contributed by atoms with Gasteiger partial charge < -0.3 is 5.32 Å². The van der Waals surface area contributed by atoms with Gasteiger partial charge in [-0.25, -0.2) is 15.0 Å². The molecule has 2 aromatic rings. The molecule has 0 radical (unpaired) electrons. The predicted molar refractivity (Wildman–Crippen MR) is 81.7 cm³/mol. The Morgan fingerprint density at radius 3 is 2.90 bits per heavy atom. The van der Waals surface area contributed by atoms with Gasteiger partial charge in [0.05, 0.1) is 5.69 Å². The van der Waals surface area contributed by atoms with Crippen LogP contribution in [0.15, 0.2) is 12.3 Å². The lowest BCUT2D eigenvalue weighted by molar-refractivity contribution is 0.686. The molecule has 5 heteroatoms. The highest BCUT2D eigenvalue weighted by Crippen LogP contribution is 2.28. The molecule has 106 valence electrons. The molecule has 2 aromatic heterocycles. The molecular formula is C15H20N4S. The molecule has 0 aliphatic heterocycles. The zero-order valence-corrected chi connectivity index (χ0v) is 12.8. The van der Waals surface area contributed by atoms with Gasteiger partial charge in [0.25, 0.3) is 0 Å². The van der Waals surface area contributed by atoms with Crippen molar-refractivity contribution in [3.63, 3.8) is 0 Å². The molecule has 0 amide bonds. The molecule has 20 heavy (non-hydrogen) atoms. The molecule has 0 saturated heterocycles. The minimum absolute atomic E-state index is 0.733. The van der Waals surface area contributed by atoms with Crippen LogP contribution in [0.25, 0.3) is 10.7 Å². The number of aryl methyl sites for hydroxylation is 2. The van der Waals surface area contributed by atoms with Crippen LogP contribution in [-0.2, 0) is 13.0 Å². The smallest absolute Gasteiger partial charge is 0.142 e. The largest absolute Gasteiger partial charge is 0.309 e.